The Balaban J connectivity index is 1.49. The van der Waals surface area contributed by atoms with Gasteiger partial charge in [-0.2, -0.15) is 9.71 Å². The van der Waals surface area contributed by atoms with Crippen LogP contribution in [0.5, 0.6) is 5.88 Å². The number of hydrogen-bond acceptors (Lipinski definition) is 6. The molecule has 1 heterocycles. The molecule has 3 unspecified atom stereocenters. The molecule has 2 aromatic carbocycles. The average Bonchev–Trinajstić information content (AvgIpc) is 2.85. The van der Waals surface area contributed by atoms with Crippen LogP contribution in [0, 0.1) is 25.2 Å². The fourth-order valence-electron chi connectivity index (χ4n) is 4.98. The van der Waals surface area contributed by atoms with E-state index in [1.165, 1.54) is 12.8 Å². The summed E-state index contributed by atoms with van der Waals surface area (Å²) in [5.41, 5.74) is 5.25. The Hall–Kier alpha value is -2.61. The zero-order valence-corrected chi connectivity index (χ0v) is 22.9. The third-order valence-electron chi connectivity index (χ3n) is 7.51. The monoisotopic (exact) mass is 507 g/mol. The van der Waals surface area contributed by atoms with Crippen LogP contribution < -0.4 is 9.46 Å². The number of ether oxygens (including phenoxy) is 2. The minimum Gasteiger partial charge on any atom is -0.588 e. The second-order valence-corrected chi connectivity index (χ2v) is 11.6. The topological polar surface area (TPSA) is 79.3 Å². The zero-order chi connectivity index (χ0) is 25.9. The number of nitrogens with one attached hydrogen (secondary N) is 1. The lowest BCUT2D eigenvalue weighted by Crippen LogP contribution is -2.37. The van der Waals surface area contributed by atoms with Crippen LogP contribution in [-0.4, -0.2) is 27.7 Å². The molecule has 0 radical (unpaired) electrons. The van der Waals surface area contributed by atoms with Gasteiger partial charge >= 0.3 is 0 Å². The molecule has 0 amide bonds. The van der Waals surface area contributed by atoms with E-state index in [-0.39, 0.29) is 12.1 Å². The number of benzene rings is 2. The predicted molar refractivity (Wildman–Crippen MR) is 145 cm³/mol. The standard InChI is InChI=1S/C29H37N3O3S/c1-19-10-7-11-20(2)27(19)24-17-26(34-6)31-28(30-24)32-36(33)23-13-8-12-22(16-23)18-35-25-14-9-15-29(4,5)21(25)3/h7-8,10-13,16-17,21,25H,9,14-15,18H2,1-6H3,(H,30,31,32). The van der Waals surface area contributed by atoms with E-state index in [9.17, 15) is 4.55 Å². The van der Waals surface area contributed by atoms with Crippen LogP contribution >= 0.6 is 0 Å². The molecule has 0 saturated heterocycles. The van der Waals surface area contributed by atoms with Crippen LogP contribution in [0.15, 0.2) is 53.4 Å². The molecule has 4 rings (SSSR count). The molecule has 1 fully saturated rings. The second-order valence-electron chi connectivity index (χ2n) is 10.4. The Bertz CT molecular complexity index is 1180. The molecule has 1 aromatic heterocycles. The van der Waals surface area contributed by atoms with Crippen molar-refractivity contribution in [3.63, 3.8) is 0 Å². The van der Waals surface area contributed by atoms with Gasteiger partial charge in [-0.05, 0) is 60.8 Å². The van der Waals surface area contributed by atoms with Gasteiger partial charge in [-0.1, -0.05) is 57.5 Å². The lowest BCUT2D eigenvalue weighted by molar-refractivity contribution is -0.0604. The van der Waals surface area contributed by atoms with Gasteiger partial charge in [-0.25, -0.2) is 4.98 Å². The maximum absolute atomic E-state index is 13.2. The fourth-order valence-corrected chi connectivity index (χ4v) is 5.82. The summed E-state index contributed by atoms with van der Waals surface area (Å²) in [6.45, 7) is 11.5. The van der Waals surface area contributed by atoms with Gasteiger partial charge in [0.25, 0.3) is 5.95 Å². The highest BCUT2D eigenvalue weighted by atomic mass is 32.2. The third-order valence-corrected chi connectivity index (χ3v) is 8.56. The predicted octanol–water partition coefficient (Wildman–Crippen LogP) is 6.64. The number of aromatic nitrogens is 2. The summed E-state index contributed by atoms with van der Waals surface area (Å²) in [5.74, 6) is 1.17. The summed E-state index contributed by atoms with van der Waals surface area (Å²) < 4.78 is 27.9. The van der Waals surface area contributed by atoms with Crippen LogP contribution in [0.4, 0.5) is 5.95 Å². The Labute approximate surface area is 218 Å². The number of hydrogen-bond donors (Lipinski definition) is 1. The van der Waals surface area contributed by atoms with Gasteiger partial charge in [-0.3, -0.25) is 0 Å². The highest BCUT2D eigenvalue weighted by molar-refractivity contribution is 7.92. The first-order valence-electron chi connectivity index (χ1n) is 12.6. The quantitative estimate of drug-likeness (QED) is 0.345. The van der Waals surface area contributed by atoms with E-state index in [2.05, 4.69) is 35.5 Å². The number of aryl methyl sites for hydroxylation is 2. The molecule has 6 nitrogen and oxygen atoms in total. The molecule has 0 spiro atoms. The van der Waals surface area contributed by atoms with Crippen molar-refractivity contribution in [1.82, 2.24) is 9.97 Å². The summed E-state index contributed by atoms with van der Waals surface area (Å²) in [6.07, 6.45) is 3.77. The molecular formula is C29H37N3O3S. The van der Waals surface area contributed by atoms with E-state index in [4.69, 9.17) is 9.47 Å². The van der Waals surface area contributed by atoms with Gasteiger partial charge < -0.3 is 14.0 Å². The number of anilines is 1. The van der Waals surface area contributed by atoms with Crippen molar-refractivity contribution in [1.29, 1.82) is 0 Å². The molecule has 1 aliphatic rings. The van der Waals surface area contributed by atoms with Gasteiger partial charge in [0.2, 0.25) is 5.88 Å². The molecule has 0 aliphatic heterocycles. The fraction of sp³-hybridized carbons (Fsp3) is 0.448. The Morgan fingerprint density at radius 1 is 1.08 bits per heavy atom. The van der Waals surface area contributed by atoms with E-state index in [1.54, 1.807) is 13.2 Å². The molecular weight excluding hydrogens is 470 g/mol. The van der Waals surface area contributed by atoms with Gasteiger partial charge in [-0.15, -0.1) is 0 Å². The largest absolute Gasteiger partial charge is 0.588 e. The smallest absolute Gasteiger partial charge is 0.269 e. The molecule has 3 atom stereocenters. The maximum Gasteiger partial charge on any atom is 0.269 e. The maximum atomic E-state index is 13.2. The normalized spacial score (nSPS) is 20.1. The van der Waals surface area contributed by atoms with E-state index in [0.717, 1.165) is 34.4 Å². The van der Waals surface area contributed by atoms with Crippen molar-refractivity contribution in [3.8, 4) is 17.1 Å². The van der Waals surface area contributed by atoms with Crippen LogP contribution in [-0.2, 0) is 22.7 Å². The van der Waals surface area contributed by atoms with Crippen molar-refractivity contribution in [3.05, 3.63) is 65.2 Å². The molecule has 0 bridgehead atoms. The van der Waals surface area contributed by atoms with Gasteiger partial charge in [0.1, 0.15) is 11.4 Å². The molecule has 7 heteroatoms. The van der Waals surface area contributed by atoms with Crippen molar-refractivity contribution in [2.24, 2.45) is 11.3 Å². The zero-order valence-electron chi connectivity index (χ0n) is 22.1. The van der Waals surface area contributed by atoms with Crippen LogP contribution in [0.25, 0.3) is 11.3 Å². The van der Waals surface area contributed by atoms with E-state index < -0.39 is 11.4 Å². The first-order valence-corrected chi connectivity index (χ1v) is 13.7. The van der Waals surface area contributed by atoms with Crippen LogP contribution in [0.1, 0.15) is 56.7 Å². The Morgan fingerprint density at radius 3 is 2.53 bits per heavy atom. The van der Waals surface area contributed by atoms with E-state index in [0.29, 0.717) is 28.7 Å². The van der Waals surface area contributed by atoms with Gasteiger partial charge in [0.15, 0.2) is 4.90 Å². The van der Waals surface area contributed by atoms with Crippen molar-refractivity contribution in [2.45, 2.75) is 71.5 Å². The van der Waals surface area contributed by atoms with Gasteiger partial charge in [0, 0.05) is 17.7 Å². The van der Waals surface area contributed by atoms with E-state index >= 15 is 0 Å². The second kappa shape index (κ2) is 11.2. The Morgan fingerprint density at radius 2 is 1.81 bits per heavy atom. The summed E-state index contributed by atoms with van der Waals surface area (Å²) >= 11 is -1.54. The van der Waals surface area contributed by atoms with Crippen molar-refractivity contribution >= 4 is 17.3 Å². The molecule has 1 saturated carbocycles. The lowest BCUT2D eigenvalue weighted by atomic mass is 9.68. The minimum atomic E-state index is -1.54. The molecule has 3 aromatic rings. The van der Waals surface area contributed by atoms with Crippen LogP contribution in [0.2, 0.25) is 0 Å². The van der Waals surface area contributed by atoms with Crippen LogP contribution in [0.3, 0.4) is 0 Å². The minimum absolute atomic E-state index is 0.245. The first kappa shape index (κ1) is 26.5. The highest BCUT2D eigenvalue weighted by Gasteiger charge is 2.36. The molecule has 36 heavy (non-hydrogen) atoms. The molecule has 1 N–H and O–H groups in total. The van der Waals surface area contributed by atoms with Crippen molar-refractivity contribution in [2.75, 3.05) is 11.8 Å². The van der Waals surface area contributed by atoms with Gasteiger partial charge in [0.05, 0.1) is 25.5 Å². The lowest BCUT2D eigenvalue weighted by Gasteiger charge is -2.42. The first-order chi connectivity index (χ1) is 17.2. The molecule has 192 valence electrons. The summed E-state index contributed by atoms with van der Waals surface area (Å²) in [5, 5.41) is 0. The summed E-state index contributed by atoms with van der Waals surface area (Å²) in [6, 6.07) is 15.6. The number of rotatable bonds is 8. The number of nitrogens with zero attached hydrogens (tertiary/aromatic N) is 2. The molecule has 1 aliphatic carbocycles. The number of methoxy groups -OCH3 is 1. The summed E-state index contributed by atoms with van der Waals surface area (Å²) in [4.78, 5) is 9.69. The SMILES string of the molecule is COc1cc(-c2c(C)cccc2C)nc(N[S+]([O-])c2cccc(COC3CCCC(C)(C)C3C)c2)n1. The average molecular weight is 508 g/mol. The third kappa shape index (κ3) is 6.02. The Kier molecular flexibility index (Phi) is 8.23. The van der Waals surface area contributed by atoms with Crippen molar-refractivity contribution < 1.29 is 14.0 Å². The highest BCUT2D eigenvalue weighted by Crippen LogP contribution is 2.41. The van der Waals surface area contributed by atoms with E-state index in [1.807, 2.05) is 56.3 Å². The summed E-state index contributed by atoms with van der Waals surface area (Å²) in [7, 11) is 1.56.